The van der Waals surface area contributed by atoms with Gasteiger partial charge in [-0.2, -0.15) is 0 Å². The Labute approximate surface area is 474 Å². The van der Waals surface area contributed by atoms with Gasteiger partial charge in [0.15, 0.2) is 6.10 Å². The zero-order valence-corrected chi connectivity index (χ0v) is 50.7. The summed E-state index contributed by atoms with van der Waals surface area (Å²) in [7, 11) is -2.97. The van der Waals surface area contributed by atoms with Gasteiger partial charge in [-0.25, -0.2) is 4.57 Å². The summed E-state index contributed by atoms with van der Waals surface area (Å²) in [5, 5.41) is 2.61. The molecule has 0 radical (unpaired) electrons. The zero-order chi connectivity index (χ0) is 56.8. The number of ether oxygens (including phenoxy) is 10. The lowest BCUT2D eigenvalue weighted by molar-refractivity contribution is -0.161. The summed E-state index contributed by atoms with van der Waals surface area (Å²) in [6, 6.07) is 0. The molecule has 0 aromatic carbocycles. The van der Waals surface area contributed by atoms with E-state index in [2.05, 4.69) is 19.2 Å². The number of nitrogens with one attached hydrogen (secondary N) is 1. The van der Waals surface area contributed by atoms with Gasteiger partial charge in [-0.1, -0.05) is 194 Å². The molecule has 464 valence electrons. The molecule has 0 rings (SSSR count). The van der Waals surface area contributed by atoms with Gasteiger partial charge in [-0.05, 0) is 12.8 Å². The molecule has 2 atom stereocenters. The fraction of sp³-hybridized carbons (Fsp3) is 0.949. The lowest BCUT2D eigenvalue weighted by Gasteiger charge is -2.20. The smallest absolute Gasteiger partial charge is 0.462 e. The standard InChI is InChI=1S/C59H116NO17P/c1-4-6-8-10-12-14-16-18-20-22-24-26-28-30-32-34-58(62)74-54-56(77-59(63)35-33-31-29-27-25-23-21-19-17-15-13-11-9-7-5-2)55-76-78(64,65)75-39-37-60-57(61)36-38-67-42-43-69-46-47-71-50-51-73-53-52-72-49-48-70-45-44-68-41-40-66-3/h56H,4-55H2,1-3H3,(H,60,61)(H,64,65). The highest BCUT2D eigenvalue weighted by Crippen LogP contribution is 2.43. The number of methoxy groups -OCH3 is 1. The number of esters is 2. The maximum Gasteiger partial charge on any atom is 0.472 e. The predicted octanol–water partition coefficient (Wildman–Crippen LogP) is 12.4. The van der Waals surface area contributed by atoms with Crippen LogP contribution in [0.4, 0.5) is 0 Å². The van der Waals surface area contributed by atoms with E-state index >= 15 is 0 Å². The second-order valence-electron chi connectivity index (χ2n) is 20.2. The molecule has 0 heterocycles. The molecule has 0 aromatic heterocycles. The van der Waals surface area contributed by atoms with Gasteiger partial charge >= 0.3 is 19.8 Å². The molecular weight excluding hydrogens is 1030 g/mol. The predicted molar refractivity (Wildman–Crippen MR) is 307 cm³/mol. The van der Waals surface area contributed by atoms with Crippen molar-refractivity contribution >= 4 is 25.7 Å². The molecule has 0 aliphatic heterocycles. The van der Waals surface area contributed by atoms with Crippen LogP contribution in [0.15, 0.2) is 0 Å². The van der Waals surface area contributed by atoms with Crippen molar-refractivity contribution in [3.05, 3.63) is 0 Å². The van der Waals surface area contributed by atoms with Gasteiger partial charge in [-0.3, -0.25) is 23.4 Å². The van der Waals surface area contributed by atoms with Crippen LogP contribution in [0.25, 0.3) is 0 Å². The second kappa shape index (κ2) is 62.8. The number of unbranched alkanes of at least 4 members (excludes halogenated alkanes) is 28. The monoisotopic (exact) mass is 1140 g/mol. The number of carbonyl (C=O) groups is 3. The molecule has 78 heavy (non-hydrogen) atoms. The molecule has 19 heteroatoms. The molecule has 0 saturated carbocycles. The maximum absolute atomic E-state index is 12.9. The van der Waals surface area contributed by atoms with Crippen molar-refractivity contribution in [2.75, 3.05) is 133 Å². The minimum Gasteiger partial charge on any atom is -0.462 e. The first-order valence-electron chi connectivity index (χ1n) is 31.0. The number of hydrogen-bond acceptors (Lipinski definition) is 16. The molecule has 0 spiro atoms. The first-order chi connectivity index (χ1) is 38.2. The maximum atomic E-state index is 12.9. The summed E-state index contributed by atoms with van der Waals surface area (Å²) in [6.07, 6.45) is 36.0. The Morgan fingerprint density at radius 1 is 0.385 bits per heavy atom. The normalized spacial score (nSPS) is 12.7. The Morgan fingerprint density at radius 3 is 1.06 bits per heavy atom. The molecule has 0 fully saturated rings. The molecule has 2 N–H and O–H groups in total. The van der Waals surface area contributed by atoms with E-state index in [4.69, 9.17) is 56.4 Å². The average molecular weight is 1140 g/mol. The Morgan fingerprint density at radius 2 is 0.705 bits per heavy atom. The van der Waals surface area contributed by atoms with Crippen LogP contribution in [0.5, 0.6) is 0 Å². The average Bonchev–Trinajstić information content (AvgIpc) is 3.43. The Bertz CT molecular complexity index is 1320. The van der Waals surface area contributed by atoms with E-state index in [9.17, 15) is 23.8 Å². The van der Waals surface area contributed by atoms with Crippen LogP contribution < -0.4 is 5.32 Å². The first kappa shape index (κ1) is 76.2. The van der Waals surface area contributed by atoms with Crippen molar-refractivity contribution in [2.24, 2.45) is 0 Å². The third-order valence-corrected chi connectivity index (χ3v) is 13.9. The minimum absolute atomic E-state index is 0.0498. The third kappa shape index (κ3) is 61.8. The molecule has 0 aliphatic carbocycles. The molecular formula is C59H116NO17P. The van der Waals surface area contributed by atoms with Gasteiger partial charge in [0.05, 0.1) is 112 Å². The van der Waals surface area contributed by atoms with Crippen LogP contribution in [0.2, 0.25) is 0 Å². The van der Waals surface area contributed by atoms with Gasteiger partial charge in [0, 0.05) is 32.9 Å². The SMILES string of the molecule is CCCCCCCCCCCCCCCCCC(=O)OCC(COP(=O)(O)OCCNC(=O)CCOCCOCCOCCOCCOCCOCCOCCOC)OC(=O)CCCCCCCCCCCCCCCCC. The van der Waals surface area contributed by atoms with Crippen LogP contribution in [-0.4, -0.2) is 161 Å². The van der Waals surface area contributed by atoms with Gasteiger partial charge in [0.1, 0.15) is 6.61 Å². The van der Waals surface area contributed by atoms with E-state index in [-0.39, 0.29) is 51.5 Å². The third-order valence-electron chi connectivity index (χ3n) is 12.9. The number of phosphoric acid groups is 1. The van der Waals surface area contributed by atoms with E-state index < -0.39 is 32.5 Å². The topological polar surface area (TPSA) is 211 Å². The summed E-state index contributed by atoms with van der Waals surface area (Å²) in [5.41, 5.74) is 0. The molecule has 0 bridgehead atoms. The quantitative estimate of drug-likeness (QED) is 0.0329. The van der Waals surface area contributed by atoms with Crippen LogP contribution in [0.1, 0.15) is 226 Å². The Balaban J connectivity index is 4.32. The summed E-state index contributed by atoms with van der Waals surface area (Å²) in [4.78, 5) is 48.2. The Hall–Kier alpha value is -1.80. The van der Waals surface area contributed by atoms with Crippen molar-refractivity contribution in [1.29, 1.82) is 0 Å². The van der Waals surface area contributed by atoms with E-state index in [1.165, 1.54) is 141 Å². The fourth-order valence-corrected chi connectivity index (χ4v) is 9.03. The van der Waals surface area contributed by atoms with Gasteiger partial charge in [0.25, 0.3) is 0 Å². The van der Waals surface area contributed by atoms with Gasteiger partial charge < -0.3 is 57.6 Å². The van der Waals surface area contributed by atoms with E-state index in [0.717, 1.165) is 38.5 Å². The molecule has 0 saturated heterocycles. The number of hydrogen-bond donors (Lipinski definition) is 2. The lowest BCUT2D eigenvalue weighted by Crippen LogP contribution is -2.30. The molecule has 2 unspecified atom stereocenters. The molecule has 18 nitrogen and oxygen atoms in total. The van der Waals surface area contributed by atoms with Crippen LogP contribution in [0, 0.1) is 0 Å². The van der Waals surface area contributed by atoms with E-state index in [1.807, 2.05) is 0 Å². The van der Waals surface area contributed by atoms with Crippen molar-refractivity contribution in [3.8, 4) is 0 Å². The van der Waals surface area contributed by atoms with Crippen LogP contribution in [-0.2, 0) is 75.4 Å². The van der Waals surface area contributed by atoms with Crippen molar-refractivity contribution in [2.45, 2.75) is 232 Å². The number of carbonyl (C=O) groups excluding carboxylic acids is 3. The minimum atomic E-state index is -4.61. The van der Waals surface area contributed by atoms with Crippen molar-refractivity contribution in [1.82, 2.24) is 5.32 Å². The highest BCUT2D eigenvalue weighted by molar-refractivity contribution is 7.47. The molecule has 1 amide bonds. The second-order valence-corrected chi connectivity index (χ2v) is 21.6. The van der Waals surface area contributed by atoms with Crippen molar-refractivity contribution < 1.29 is 80.3 Å². The summed E-state index contributed by atoms with van der Waals surface area (Å²) >= 11 is 0. The number of rotatable bonds is 66. The molecule has 0 aliphatic rings. The highest BCUT2D eigenvalue weighted by Gasteiger charge is 2.26. The first-order valence-corrected chi connectivity index (χ1v) is 32.5. The highest BCUT2D eigenvalue weighted by atomic mass is 31.2. The van der Waals surface area contributed by atoms with E-state index in [0.29, 0.717) is 105 Å². The number of phosphoric ester groups is 1. The van der Waals surface area contributed by atoms with Crippen molar-refractivity contribution in [3.63, 3.8) is 0 Å². The molecule has 0 aromatic rings. The van der Waals surface area contributed by atoms with E-state index in [1.54, 1.807) is 7.11 Å². The largest absolute Gasteiger partial charge is 0.472 e. The van der Waals surface area contributed by atoms with Crippen LogP contribution >= 0.6 is 7.82 Å². The fourth-order valence-electron chi connectivity index (χ4n) is 8.28. The van der Waals surface area contributed by atoms with Gasteiger partial charge in [0.2, 0.25) is 5.91 Å². The van der Waals surface area contributed by atoms with Gasteiger partial charge in [-0.15, -0.1) is 0 Å². The summed E-state index contributed by atoms with van der Waals surface area (Å²) in [5.74, 6) is -1.23. The number of amides is 1. The zero-order valence-electron chi connectivity index (χ0n) is 49.8. The summed E-state index contributed by atoms with van der Waals surface area (Å²) < 4.78 is 77.1. The summed E-state index contributed by atoms with van der Waals surface area (Å²) in [6.45, 7) is 9.90. The van der Waals surface area contributed by atoms with Crippen LogP contribution in [0.3, 0.4) is 0 Å². The lowest BCUT2D eigenvalue weighted by atomic mass is 10.0. The Kier molecular flexibility index (Phi) is 61.3.